The number of alkyl halides is 3. The summed E-state index contributed by atoms with van der Waals surface area (Å²) in [4.78, 5) is 12.6. The third kappa shape index (κ3) is 3.64. The lowest BCUT2D eigenvalue weighted by atomic mass is 9.99. The van der Waals surface area contributed by atoms with Crippen molar-refractivity contribution in [3.63, 3.8) is 0 Å². The Labute approximate surface area is 162 Å². The standard InChI is InChI=1S/C19H16BrF3N2O2/c1-2-12-3-5-13(6-4-12)16-11-18(27,19(21,22)23)25(24-16)17(26)14-7-9-15(20)10-8-14/h3-10,27H,2,11H2,1H3/t18-/m0/s1. The van der Waals surface area contributed by atoms with E-state index in [0.29, 0.717) is 10.0 Å². The van der Waals surface area contributed by atoms with E-state index in [9.17, 15) is 23.1 Å². The number of nitrogens with zero attached hydrogens (tertiary/aromatic N) is 2. The van der Waals surface area contributed by atoms with E-state index in [-0.39, 0.29) is 16.3 Å². The van der Waals surface area contributed by atoms with Crippen LogP contribution in [0.25, 0.3) is 0 Å². The first-order valence-corrected chi connectivity index (χ1v) is 9.01. The van der Waals surface area contributed by atoms with Crippen LogP contribution in [0.4, 0.5) is 13.2 Å². The molecular formula is C19H16BrF3N2O2. The number of rotatable bonds is 3. The Morgan fingerprint density at radius 2 is 1.78 bits per heavy atom. The molecule has 8 heteroatoms. The molecule has 0 saturated carbocycles. The topological polar surface area (TPSA) is 52.9 Å². The highest BCUT2D eigenvalue weighted by Gasteiger charge is 2.63. The van der Waals surface area contributed by atoms with Crippen molar-refractivity contribution in [1.29, 1.82) is 0 Å². The number of amides is 1. The van der Waals surface area contributed by atoms with Gasteiger partial charge in [0.15, 0.2) is 0 Å². The first-order valence-electron chi connectivity index (χ1n) is 8.21. The van der Waals surface area contributed by atoms with E-state index in [1.54, 1.807) is 24.3 Å². The lowest BCUT2D eigenvalue weighted by Gasteiger charge is -2.32. The van der Waals surface area contributed by atoms with E-state index >= 15 is 0 Å². The van der Waals surface area contributed by atoms with Crippen LogP contribution in [-0.2, 0) is 6.42 Å². The molecule has 0 unspecified atom stereocenters. The second-order valence-electron chi connectivity index (χ2n) is 6.21. The molecule has 1 N–H and O–H groups in total. The van der Waals surface area contributed by atoms with Crippen LogP contribution in [0.3, 0.4) is 0 Å². The Morgan fingerprint density at radius 3 is 2.30 bits per heavy atom. The van der Waals surface area contributed by atoms with Gasteiger partial charge in [-0.05, 0) is 41.8 Å². The van der Waals surface area contributed by atoms with Crippen LogP contribution in [0.15, 0.2) is 58.1 Å². The van der Waals surface area contributed by atoms with Gasteiger partial charge in [-0.1, -0.05) is 47.1 Å². The van der Waals surface area contributed by atoms with Crippen LogP contribution in [0, 0.1) is 0 Å². The number of hydrogen-bond donors (Lipinski definition) is 1. The molecule has 0 fully saturated rings. The van der Waals surface area contributed by atoms with E-state index in [1.807, 2.05) is 6.92 Å². The summed E-state index contributed by atoms with van der Waals surface area (Å²) in [5.74, 6) is -1.03. The number of halogens is 4. The Bertz CT molecular complexity index is 879. The Balaban J connectivity index is 2.01. The maximum absolute atomic E-state index is 13.6. The van der Waals surface area contributed by atoms with Crippen molar-refractivity contribution >= 4 is 27.5 Å². The number of carbonyl (C=O) groups excluding carboxylic acids is 1. The summed E-state index contributed by atoms with van der Waals surface area (Å²) in [6.07, 6.45) is -5.11. The number of aliphatic hydroxyl groups is 1. The van der Waals surface area contributed by atoms with Crippen molar-refractivity contribution in [3.05, 3.63) is 69.7 Å². The molecule has 3 rings (SSSR count). The van der Waals surface area contributed by atoms with Crippen molar-refractivity contribution in [2.75, 3.05) is 0 Å². The molecular weight excluding hydrogens is 425 g/mol. The van der Waals surface area contributed by atoms with Crippen LogP contribution >= 0.6 is 15.9 Å². The number of carbonyl (C=O) groups is 1. The van der Waals surface area contributed by atoms with Gasteiger partial charge in [0.25, 0.3) is 11.6 Å². The van der Waals surface area contributed by atoms with Gasteiger partial charge in [0.05, 0.1) is 12.1 Å². The smallest absolute Gasteiger partial charge is 0.362 e. The molecule has 0 radical (unpaired) electrons. The fourth-order valence-corrected chi connectivity index (χ4v) is 3.05. The van der Waals surface area contributed by atoms with Gasteiger partial charge in [0, 0.05) is 10.0 Å². The number of hydrogen-bond acceptors (Lipinski definition) is 3. The minimum Gasteiger partial charge on any atom is -0.362 e. The number of hydrazone groups is 1. The molecule has 1 heterocycles. The zero-order valence-electron chi connectivity index (χ0n) is 14.3. The average Bonchev–Trinajstić information content (AvgIpc) is 3.01. The molecule has 0 spiro atoms. The second kappa shape index (κ2) is 7.09. The molecule has 27 heavy (non-hydrogen) atoms. The molecule has 0 aromatic heterocycles. The largest absolute Gasteiger partial charge is 0.438 e. The highest BCUT2D eigenvalue weighted by atomic mass is 79.9. The Morgan fingerprint density at radius 1 is 1.19 bits per heavy atom. The predicted octanol–water partition coefficient (Wildman–Crippen LogP) is 4.51. The molecule has 142 valence electrons. The van der Waals surface area contributed by atoms with E-state index < -0.39 is 24.2 Å². The van der Waals surface area contributed by atoms with Crippen LogP contribution in [0.5, 0.6) is 0 Å². The maximum Gasteiger partial charge on any atom is 0.438 e. The molecule has 2 aromatic carbocycles. The van der Waals surface area contributed by atoms with Gasteiger partial charge < -0.3 is 5.11 Å². The van der Waals surface area contributed by atoms with Crippen LogP contribution in [0.2, 0.25) is 0 Å². The van der Waals surface area contributed by atoms with Crippen molar-refractivity contribution in [2.24, 2.45) is 5.10 Å². The normalized spacial score (nSPS) is 19.9. The third-order valence-electron chi connectivity index (χ3n) is 4.42. The van der Waals surface area contributed by atoms with E-state index in [2.05, 4.69) is 21.0 Å². The second-order valence-corrected chi connectivity index (χ2v) is 7.13. The Kier molecular flexibility index (Phi) is 5.14. The minimum atomic E-state index is -5.06. The van der Waals surface area contributed by atoms with E-state index in [1.165, 1.54) is 24.3 Å². The first kappa shape index (κ1) is 19.6. The molecule has 0 bridgehead atoms. The summed E-state index contributed by atoms with van der Waals surface area (Å²) >= 11 is 3.20. The van der Waals surface area contributed by atoms with E-state index in [0.717, 1.165) is 12.0 Å². The zero-order chi connectivity index (χ0) is 19.8. The fraction of sp³-hybridized carbons (Fsp3) is 0.263. The fourth-order valence-electron chi connectivity index (χ4n) is 2.79. The van der Waals surface area contributed by atoms with Gasteiger partial charge in [-0.3, -0.25) is 4.79 Å². The molecule has 1 aliphatic heterocycles. The predicted molar refractivity (Wildman–Crippen MR) is 98.3 cm³/mol. The maximum atomic E-state index is 13.6. The summed E-state index contributed by atoms with van der Waals surface area (Å²) < 4.78 is 41.5. The lowest BCUT2D eigenvalue weighted by Crippen LogP contribution is -2.56. The van der Waals surface area contributed by atoms with Gasteiger partial charge in [-0.15, -0.1) is 0 Å². The summed E-state index contributed by atoms with van der Waals surface area (Å²) in [6.45, 7) is 1.96. The van der Waals surface area contributed by atoms with Gasteiger partial charge in [0.1, 0.15) is 0 Å². The summed E-state index contributed by atoms with van der Waals surface area (Å²) in [6, 6.07) is 12.6. The van der Waals surface area contributed by atoms with Gasteiger partial charge in [-0.2, -0.15) is 23.3 Å². The molecule has 4 nitrogen and oxygen atoms in total. The van der Waals surface area contributed by atoms with Gasteiger partial charge >= 0.3 is 6.18 Å². The number of benzene rings is 2. The lowest BCUT2D eigenvalue weighted by molar-refractivity contribution is -0.297. The van der Waals surface area contributed by atoms with E-state index in [4.69, 9.17) is 0 Å². The Hall–Kier alpha value is -2.19. The molecule has 1 amide bonds. The zero-order valence-corrected chi connectivity index (χ0v) is 15.9. The monoisotopic (exact) mass is 440 g/mol. The molecule has 2 aromatic rings. The van der Waals surface area contributed by atoms with Crippen LogP contribution in [0.1, 0.15) is 34.8 Å². The summed E-state index contributed by atoms with van der Waals surface area (Å²) in [5.41, 5.74) is -1.95. The highest BCUT2D eigenvalue weighted by Crippen LogP contribution is 2.42. The molecule has 1 atom stereocenters. The molecule has 1 aliphatic rings. The van der Waals surface area contributed by atoms with Crippen molar-refractivity contribution in [3.8, 4) is 0 Å². The minimum absolute atomic E-state index is 0.00272. The summed E-state index contributed by atoms with van der Waals surface area (Å²) in [5, 5.41) is 14.4. The summed E-state index contributed by atoms with van der Waals surface area (Å²) in [7, 11) is 0. The first-order chi connectivity index (χ1) is 12.7. The van der Waals surface area contributed by atoms with Crippen molar-refractivity contribution in [2.45, 2.75) is 31.7 Å². The van der Waals surface area contributed by atoms with Crippen LogP contribution < -0.4 is 0 Å². The molecule has 0 aliphatic carbocycles. The van der Waals surface area contributed by atoms with Crippen molar-refractivity contribution < 1.29 is 23.1 Å². The molecule has 0 saturated heterocycles. The SMILES string of the molecule is CCc1ccc(C2=NN(C(=O)c3ccc(Br)cc3)[C@@](O)(C(F)(F)F)C2)cc1. The third-order valence-corrected chi connectivity index (χ3v) is 4.95. The quantitative estimate of drug-likeness (QED) is 0.762. The van der Waals surface area contributed by atoms with Crippen molar-refractivity contribution in [1.82, 2.24) is 5.01 Å². The van der Waals surface area contributed by atoms with Gasteiger partial charge in [-0.25, -0.2) is 0 Å². The highest BCUT2D eigenvalue weighted by molar-refractivity contribution is 9.10. The van der Waals surface area contributed by atoms with Crippen LogP contribution in [-0.4, -0.2) is 33.6 Å². The number of aryl methyl sites for hydroxylation is 1. The average molecular weight is 441 g/mol. The van der Waals surface area contributed by atoms with Gasteiger partial charge in [0.2, 0.25) is 0 Å².